The minimum absolute atomic E-state index is 0.0794. The molecule has 2 aromatic rings. The van der Waals surface area contributed by atoms with Crippen LogP contribution < -0.4 is 10.5 Å². The van der Waals surface area contributed by atoms with E-state index in [-0.39, 0.29) is 17.4 Å². The molecule has 0 N–H and O–H groups in total. The lowest BCUT2D eigenvalue weighted by Crippen LogP contribution is -2.52. The van der Waals surface area contributed by atoms with Gasteiger partial charge in [-0.15, -0.1) is 0 Å². The molecule has 1 aromatic carbocycles. The highest BCUT2D eigenvalue weighted by molar-refractivity contribution is 7.99. The van der Waals surface area contributed by atoms with E-state index in [1.807, 2.05) is 4.90 Å². The number of amides is 1. The molecule has 1 unspecified atom stereocenters. The zero-order valence-electron chi connectivity index (χ0n) is 14.8. The van der Waals surface area contributed by atoms with Crippen molar-refractivity contribution in [3.05, 3.63) is 52.4 Å². The number of hydrogen-bond acceptors (Lipinski definition) is 5. The summed E-state index contributed by atoms with van der Waals surface area (Å²) in [4.78, 5) is 33.5. The summed E-state index contributed by atoms with van der Waals surface area (Å²) in [6, 6.07) is 9.94. The molecular weight excluding hydrogens is 348 g/mol. The van der Waals surface area contributed by atoms with E-state index in [1.165, 1.54) is 35.3 Å². The van der Waals surface area contributed by atoms with E-state index in [0.29, 0.717) is 17.5 Å². The van der Waals surface area contributed by atoms with Crippen LogP contribution in [0.15, 0.2) is 46.5 Å². The highest BCUT2D eigenvalue weighted by atomic mass is 32.2. The predicted octanol–water partition coefficient (Wildman–Crippen LogP) is 1.62. The Labute approximate surface area is 156 Å². The van der Waals surface area contributed by atoms with Crippen LogP contribution in [0, 0.1) is 12.8 Å². The molecular formula is C19H22N4O2S. The Morgan fingerprint density at radius 3 is 2.77 bits per heavy atom. The summed E-state index contributed by atoms with van der Waals surface area (Å²) in [7, 11) is 0. The third kappa shape index (κ3) is 3.35. The molecule has 1 aromatic heterocycles. The van der Waals surface area contributed by atoms with Crippen molar-refractivity contribution < 1.29 is 4.79 Å². The molecule has 1 amide bonds. The number of hydrogen-bond donors (Lipinski definition) is 0. The number of thioether (sulfide) groups is 1. The minimum atomic E-state index is -0.153. The average molecular weight is 370 g/mol. The summed E-state index contributed by atoms with van der Waals surface area (Å²) in [5.74, 6) is 0.690. The van der Waals surface area contributed by atoms with Crippen molar-refractivity contribution in [3.63, 3.8) is 0 Å². The molecule has 0 bridgehead atoms. The van der Waals surface area contributed by atoms with Crippen LogP contribution in [0.5, 0.6) is 0 Å². The van der Waals surface area contributed by atoms with Crippen molar-refractivity contribution in [2.24, 2.45) is 5.92 Å². The molecule has 1 saturated heterocycles. The van der Waals surface area contributed by atoms with Gasteiger partial charge in [0.2, 0.25) is 5.91 Å². The molecule has 2 aliphatic heterocycles. The van der Waals surface area contributed by atoms with Gasteiger partial charge in [-0.25, -0.2) is 4.98 Å². The molecule has 26 heavy (non-hydrogen) atoms. The van der Waals surface area contributed by atoms with E-state index in [4.69, 9.17) is 0 Å². The number of nitrogens with zero attached hydrogens (tertiary/aromatic N) is 4. The zero-order valence-corrected chi connectivity index (χ0v) is 15.6. The van der Waals surface area contributed by atoms with Crippen LogP contribution in [-0.4, -0.2) is 52.3 Å². The fourth-order valence-electron chi connectivity index (χ4n) is 3.57. The molecule has 0 saturated carbocycles. The van der Waals surface area contributed by atoms with Crippen molar-refractivity contribution in [3.8, 4) is 0 Å². The Kier molecular flexibility index (Phi) is 4.72. The molecule has 3 heterocycles. The summed E-state index contributed by atoms with van der Waals surface area (Å²) >= 11 is 1.50. The van der Waals surface area contributed by atoms with Crippen LogP contribution in [-0.2, 0) is 11.3 Å². The fourth-order valence-corrected chi connectivity index (χ4v) is 4.62. The maximum Gasteiger partial charge on any atom is 0.254 e. The van der Waals surface area contributed by atoms with Crippen molar-refractivity contribution >= 4 is 23.4 Å². The number of fused-ring (bicyclic) bond motifs is 1. The third-order valence-corrected chi connectivity index (χ3v) is 6.18. The standard InChI is InChI=1S/C19H22N4O2S/c1-14-3-2-4-16(11-14)21-7-9-22(10-8-21)18(25)15-12-23-17(24)5-6-20-19(23)26-13-15/h2-6,11,15H,7-10,12-13H2,1H3. The van der Waals surface area contributed by atoms with Gasteiger partial charge < -0.3 is 9.80 Å². The third-order valence-electron chi connectivity index (χ3n) is 5.02. The number of carbonyl (C=O) groups is 1. The highest BCUT2D eigenvalue weighted by Gasteiger charge is 2.31. The number of aromatic nitrogens is 2. The Morgan fingerprint density at radius 2 is 2.00 bits per heavy atom. The summed E-state index contributed by atoms with van der Waals surface area (Å²) in [5, 5.41) is 0.714. The molecule has 1 atom stereocenters. The van der Waals surface area contributed by atoms with Gasteiger partial charge in [0.15, 0.2) is 5.16 Å². The fraction of sp³-hybridized carbons (Fsp3) is 0.421. The first-order valence-corrected chi connectivity index (χ1v) is 9.89. The van der Waals surface area contributed by atoms with Crippen molar-refractivity contribution in [2.75, 3.05) is 36.8 Å². The molecule has 7 heteroatoms. The Morgan fingerprint density at radius 1 is 1.19 bits per heavy atom. The van der Waals surface area contributed by atoms with Gasteiger partial charge in [0.25, 0.3) is 5.56 Å². The minimum Gasteiger partial charge on any atom is -0.368 e. The van der Waals surface area contributed by atoms with Crippen LogP contribution in [0.1, 0.15) is 5.56 Å². The quantitative estimate of drug-likeness (QED) is 0.752. The first-order chi connectivity index (χ1) is 12.6. The first kappa shape index (κ1) is 17.1. The second-order valence-corrected chi connectivity index (χ2v) is 7.82. The van der Waals surface area contributed by atoms with Crippen LogP contribution in [0.25, 0.3) is 0 Å². The van der Waals surface area contributed by atoms with E-state index in [0.717, 1.165) is 26.2 Å². The maximum atomic E-state index is 12.9. The number of anilines is 1. The number of carbonyl (C=O) groups excluding carboxylic acids is 1. The van der Waals surface area contributed by atoms with Gasteiger partial charge in [0.1, 0.15) is 0 Å². The van der Waals surface area contributed by atoms with Crippen LogP contribution >= 0.6 is 11.8 Å². The molecule has 6 nitrogen and oxygen atoms in total. The molecule has 0 spiro atoms. The maximum absolute atomic E-state index is 12.9. The molecule has 1 fully saturated rings. The summed E-state index contributed by atoms with van der Waals surface area (Å²) in [6.45, 7) is 5.66. The molecule has 4 rings (SSSR count). The second kappa shape index (κ2) is 7.15. The van der Waals surface area contributed by atoms with Crippen molar-refractivity contribution in [1.82, 2.24) is 14.5 Å². The smallest absolute Gasteiger partial charge is 0.254 e. The lowest BCUT2D eigenvalue weighted by atomic mass is 10.1. The van der Waals surface area contributed by atoms with Crippen LogP contribution in [0.2, 0.25) is 0 Å². The summed E-state index contributed by atoms with van der Waals surface area (Å²) in [5.41, 5.74) is 2.39. The second-order valence-electron chi connectivity index (χ2n) is 6.84. The number of aryl methyl sites for hydroxylation is 1. The molecule has 0 radical (unpaired) electrons. The highest BCUT2D eigenvalue weighted by Crippen LogP contribution is 2.26. The number of benzene rings is 1. The summed E-state index contributed by atoms with van der Waals surface area (Å²) in [6.07, 6.45) is 1.54. The number of rotatable bonds is 2. The van der Waals surface area contributed by atoms with Gasteiger partial charge in [-0.1, -0.05) is 23.9 Å². The Bertz CT molecular complexity index is 874. The van der Waals surface area contributed by atoms with Crippen molar-refractivity contribution in [1.29, 1.82) is 0 Å². The van der Waals surface area contributed by atoms with E-state index >= 15 is 0 Å². The van der Waals surface area contributed by atoms with Gasteiger partial charge in [0.05, 0.1) is 5.92 Å². The van der Waals surface area contributed by atoms with E-state index in [9.17, 15) is 9.59 Å². The van der Waals surface area contributed by atoms with Gasteiger partial charge in [0, 0.05) is 56.4 Å². The van der Waals surface area contributed by atoms with Gasteiger partial charge in [-0.2, -0.15) is 0 Å². The van der Waals surface area contributed by atoms with E-state index < -0.39 is 0 Å². The molecule has 2 aliphatic rings. The van der Waals surface area contributed by atoms with Crippen LogP contribution in [0.4, 0.5) is 5.69 Å². The normalized spacial score (nSPS) is 20.0. The zero-order chi connectivity index (χ0) is 18.1. The van der Waals surface area contributed by atoms with Gasteiger partial charge in [-0.3, -0.25) is 14.2 Å². The van der Waals surface area contributed by atoms with E-state index in [2.05, 4.69) is 41.1 Å². The van der Waals surface area contributed by atoms with Gasteiger partial charge >= 0.3 is 0 Å². The molecule has 136 valence electrons. The van der Waals surface area contributed by atoms with Crippen LogP contribution in [0.3, 0.4) is 0 Å². The topological polar surface area (TPSA) is 58.4 Å². The summed E-state index contributed by atoms with van der Waals surface area (Å²) < 4.78 is 1.62. The van der Waals surface area contributed by atoms with Crippen molar-refractivity contribution in [2.45, 2.75) is 18.6 Å². The largest absolute Gasteiger partial charge is 0.368 e. The monoisotopic (exact) mass is 370 g/mol. The predicted molar refractivity (Wildman–Crippen MR) is 103 cm³/mol. The lowest BCUT2D eigenvalue weighted by molar-refractivity contribution is -0.135. The Balaban J connectivity index is 1.40. The average Bonchev–Trinajstić information content (AvgIpc) is 2.68. The Hall–Kier alpha value is -2.28. The first-order valence-electron chi connectivity index (χ1n) is 8.91. The SMILES string of the molecule is Cc1cccc(N2CCN(C(=O)C3CSc4nccc(=O)n4C3)CC2)c1. The van der Waals surface area contributed by atoms with Gasteiger partial charge in [-0.05, 0) is 24.6 Å². The number of piperazine rings is 1. The van der Waals surface area contributed by atoms with E-state index in [1.54, 1.807) is 4.57 Å². The lowest BCUT2D eigenvalue weighted by Gasteiger charge is -2.38. The molecule has 0 aliphatic carbocycles.